The van der Waals surface area contributed by atoms with Crippen LogP contribution in [0, 0.1) is 0 Å². The first-order valence-corrected chi connectivity index (χ1v) is 9.15. The van der Waals surface area contributed by atoms with Gasteiger partial charge in [-0.05, 0) is 47.2 Å². The number of nitrogens with zero attached hydrogens (tertiary/aromatic N) is 1. The molecule has 1 aromatic carbocycles. The third-order valence-electron chi connectivity index (χ3n) is 4.54. The smallest absolute Gasteiger partial charge is 0.251 e. The van der Waals surface area contributed by atoms with Crippen molar-refractivity contribution in [1.29, 1.82) is 0 Å². The van der Waals surface area contributed by atoms with Gasteiger partial charge in [0.15, 0.2) is 0 Å². The van der Waals surface area contributed by atoms with E-state index in [0.29, 0.717) is 6.54 Å². The van der Waals surface area contributed by atoms with Crippen LogP contribution in [-0.2, 0) is 10.8 Å². The summed E-state index contributed by atoms with van der Waals surface area (Å²) in [5, 5.41) is 3.07. The van der Waals surface area contributed by atoms with E-state index in [4.69, 9.17) is 0 Å². The van der Waals surface area contributed by atoms with E-state index in [9.17, 15) is 4.79 Å². The fourth-order valence-corrected chi connectivity index (χ4v) is 2.59. The van der Waals surface area contributed by atoms with Crippen LogP contribution in [0.3, 0.4) is 0 Å². The van der Waals surface area contributed by atoms with Gasteiger partial charge in [0, 0.05) is 18.7 Å². The molecule has 3 nitrogen and oxygen atoms in total. The van der Waals surface area contributed by atoms with Crippen molar-refractivity contribution in [3.63, 3.8) is 0 Å². The lowest BCUT2D eigenvalue weighted by atomic mass is 9.79. The monoisotopic (exact) mass is 368 g/mol. The van der Waals surface area contributed by atoms with Crippen LogP contribution >= 0.6 is 12.4 Å². The van der Waals surface area contributed by atoms with Crippen molar-refractivity contribution in [3.05, 3.63) is 34.9 Å². The minimum absolute atomic E-state index is 0. The minimum atomic E-state index is 0. The third kappa shape index (κ3) is 7.37. The second-order valence-corrected chi connectivity index (χ2v) is 8.58. The number of hydrogen-bond donors (Lipinski definition) is 1. The molecule has 1 aromatic rings. The maximum Gasteiger partial charge on any atom is 0.251 e. The van der Waals surface area contributed by atoms with Crippen LogP contribution in [0.2, 0.25) is 0 Å². The summed E-state index contributed by atoms with van der Waals surface area (Å²) < 4.78 is 0. The molecule has 0 radical (unpaired) electrons. The average molecular weight is 369 g/mol. The largest absolute Gasteiger partial charge is 0.351 e. The number of carbonyl (C=O) groups is 1. The summed E-state index contributed by atoms with van der Waals surface area (Å²) in [6, 6.07) is 6.33. The summed E-state index contributed by atoms with van der Waals surface area (Å²) in [5.74, 6) is 0.0266. The molecule has 144 valence electrons. The molecular formula is C21H37ClN2O. The van der Waals surface area contributed by atoms with Crippen molar-refractivity contribution in [2.24, 2.45) is 0 Å². The van der Waals surface area contributed by atoms with Gasteiger partial charge >= 0.3 is 0 Å². The highest BCUT2D eigenvalue weighted by Crippen LogP contribution is 2.30. The van der Waals surface area contributed by atoms with Crippen molar-refractivity contribution >= 4 is 18.3 Å². The predicted molar refractivity (Wildman–Crippen MR) is 111 cm³/mol. The Hall–Kier alpha value is -1.06. The molecule has 1 amide bonds. The Bertz CT molecular complexity index is 520. The van der Waals surface area contributed by atoms with Gasteiger partial charge in [-0.2, -0.15) is 0 Å². The number of likely N-dealkylation sites (N-methyl/N-ethyl adjacent to an activating group) is 1. The second-order valence-electron chi connectivity index (χ2n) is 8.58. The second kappa shape index (κ2) is 9.59. The van der Waals surface area contributed by atoms with E-state index < -0.39 is 0 Å². The van der Waals surface area contributed by atoms with Crippen molar-refractivity contribution in [3.8, 4) is 0 Å². The molecule has 0 saturated carbocycles. The fourth-order valence-electron chi connectivity index (χ4n) is 2.59. The number of carbonyl (C=O) groups excluding carboxylic acids is 1. The van der Waals surface area contributed by atoms with Gasteiger partial charge in [-0.15, -0.1) is 12.4 Å². The normalized spacial score (nSPS) is 12.0. The standard InChI is InChI=1S/C21H36N2O.ClH/c1-9-23(10-2)12-11-22-19(24)16-13-17(20(3,4)5)15-18(14-16)21(6,7)8;/h13-15H,9-12H2,1-8H3,(H,22,24);1H. The Balaban J connectivity index is 0.00000576. The van der Waals surface area contributed by atoms with Gasteiger partial charge in [-0.25, -0.2) is 0 Å². The molecule has 4 heteroatoms. The lowest BCUT2D eigenvalue weighted by Crippen LogP contribution is -2.35. The molecule has 0 unspecified atom stereocenters. The quantitative estimate of drug-likeness (QED) is 0.783. The average Bonchev–Trinajstić information content (AvgIpc) is 2.49. The molecule has 0 aromatic heterocycles. The van der Waals surface area contributed by atoms with Crippen LogP contribution < -0.4 is 5.32 Å². The molecule has 0 bridgehead atoms. The van der Waals surface area contributed by atoms with Gasteiger partial charge in [-0.3, -0.25) is 4.79 Å². The molecule has 1 rings (SSSR count). The molecule has 0 aliphatic heterocycles. The molecule has 0 atom stereocenters. The number of benzene rings is 1. The van der Waals surface area contributed by atoms with Crippen molar-refractivity contribution < 1.29 is 4.79 Å². The SMILES string of the molecule is CCN(CC)CCNC(=O)c1cc(C(C)(C)C)cc(C(C)(C)C)c1.Cl. The number of amides is 1. The molecule has 0 heterocycles. The summed E-state index contributed by atoms with van der Waals surface area (Å²) in [7, 11) is 0. The highest BCUT2D eigenvalue weighted by molar-refractivity contribution is 5.94. The van der Waals surface area contributed by atoms with Crippen LogP contribution in [-0.4, -0.2) is 37.0 Å². The first kappa shape index (κ1) is 23.9. The highest BCUT2D eigenvalue weighted by Gasteiger charge is 2.22. The lowest BCUT2D eigenvalue weighted by molar-refractivity contribution is 0.0948. The predicted octanol–water partition coefficient (Wildman–Crippen LogP) is 4.78. The minimum Gasteiger partial charge on any atom is -0.351 e. The molecule has 25 heavy (non-hydrogen) atoms. The number of rotatable bonds is 6. The van der Waals surface area contributed by atoms with E-state index >= 15 is 0 Å². The van der Waals surface area contributed by atoms with E-state index in [1.54, 1.807) is 0 Å². The zero-order valence-corrected chi connectivity index (χ0v) is 18.1. The Kier molecular flexibility index (Phi) is 9.18. The van der Waals surface area contributed by atoms with Crippen molar-refractivity contribution in [2.75, 3.05) is 26.2 Å². The zero-order chi connectivity index (χ0) is 18.5. The Morgan fingerprint density at radius 2 is 1.36 bits per heavy atom. The molecule has 0 aliphatic rings. The van der Waals surface area contributed by atoms with Crippen molar-refractivity contribution in [1.82, 2.24) is 10.2 Å². The summed E-state index contributed by atoms with van der Waals surface area (Å²) >= 11 is 0. The molecule has 0 spiro atoms. The van der Waals surface area contributed by atoms with E-state index in [1.165, 1.54) is 11.1 Å². The number of hydrogen-bond acceptors (Lipinski definition) is 2. The third-order valence-corrected chi connectivity index (χ3v) is 4.54. The molecule has 0 aliphatic carbocycles. The van der Waals surface area contributed by atoms with Crippen LogP contribution in [0.4, 0.5) is 0 Å². The van der Waals surface area contributed by atoms with Gasteiger partial charge in [-0.1, -0.05) is 61.5 Å². The first-order chi connectivity index (χ1) is 11.0. The van der Waals surface area contributed by atoms with Gasteiger partial charge in [0.25, 0.3) is 5.91 Å². The van der Waals surface area contributed by atoms with E-state index in [-0.39, 0.29) is 29.1 Å². The Labute approximate surface area is 161 Å². The van der Waals surface area contributed by atoms with Crippen LogP contribution in [0.15, 0.2) is 18.2 Å². The number of halogens is 1. The maximum absolute atomic E-state index is 12.6. The van der Waals surface area contributed by atoms with Gasteiger partial charge in [0.05, 0.1) is 0 Å². The molecule has 0 saturated heterocycles. The molecule has 1 N–H and O–H groups in total. The highest BCUT2D eigenvalue weighted by atomic mass is 35.5. The summed E-state index contributed by atoms with van der Waals surface area (Å²) in [6.45, 7) is 21.0. The summed E-state index contributed by atoms with van der Waals surface area (Å²) in [4.78, 5) is 14.9. The van der Waals surface area contributed by atoms with Gasteiger partial charge in [0.1, 0.15) is 0 Å². The van der Waals surface area contributed by atoms with Crippen LogP contribution in [0.25, 0.3) is 0 Å². The Morgan fingerprint density at radius 1 is 0.920 bits per heavy atom. The van der Waals surface area contributed by atoms with Crippen LogP contribution in [0.5, 0.6) is 0 Å². The van der Waals surface area contributed by atoms with Gasteiger partial charge in [0.2, 0.25) is 0 Å². The van der Waals surface area contributed by atoms with Crippen LogP contribution in [0.1, 0.15) is 76.9 Å². The topological polar surface area (TPSA) is 32.3 Å². The summed E-state index contributed by atoms with van der Waals surface area (Å²) in [5.41, 5.74) is 3.24. The first-order valence-electron chi connectivity index (χ1n) is 9.15. The molecule has 0 fully saturated rings. The Morgan fingerprint density at radius 3 is 1.72 bits per heavy atom. The lowest BCUT2D eigenvalue weighted by Gasteiger charge is -2.26. The molecular weight excluding hydrogens is 332 g/mol. The van der Waals surface area contributed by atoms with E-state index in [2.05, 4.69) is 71.7 Å². The number of nitrogens with one attached hydrogen (secondary N) is 1. The van der Waals surface area contributed by atoms with Crippen molar-refractivity contribution in [2.45, 2.75) is 66.2 Å². The van der Waals surface area contributed by atoms with E-state index in [0.717, 1.165) is 25.2 Å². The maximum atomic E-state index is 12.6. The van der Waals surface area contributed by atoms with E-state index in [1.807, 2.05) is 12.1 Å². The zero-order valence-electron chi connectivity index (χ0n) is 17.3. The van der Waals surface area contributed by atoms with Gasteiger partial charge < -0.3 is 10.2 Å². The fraction of sp³-hybridized carbons (Fsp3) is 0.667. The summed E-state index contributed by atoms with van der Waals surface area (Å²) in [6.07, 6.45) is 0.